The van der Waals surface area contributed by atoms with Gasteiger partial charge in [-0.05, 0) is 42.5 Å². The number of carbonyl (C=O) groups excluding carboxylic acids is 1. The Bertz CT molecular complexity index is 511. The number of benzene rings is 1. The lowest BCUT2D eigenvalue weighted by Crippen LogP contribution is -2.26. The van der Waals surface area contributed by atoms with Crippen LogP contribution < -0.4 is 10.2 Å². The Balaban J connectivity index is 2.74. The van der Waals surface area contributed by atoms with Gasteiger partial charge < -0.3 is 10.2 Å². The molecule has 1 amide bonds. The predicted octanol–water partition coefficient (Wildman–Crippen LogP) is 2.99. The number of carbonyl (C=O) groups is 1. The molecule has 0 radical (unpaired) electrons. The quantitative estimate of drug-likeness (QED) is 0.835. The van der Waals surface area contributed by atoms with Gasteiger partial charge in [0.15, 0.2) is 0 Å². The van der Waals surface area contributed by atoms with Crippen molar-refractivity contribution in [3.05, 3.63) is 22.3 Å². The number of fused-ring (bicyclic) bond motifs is 1. The van der Waals surface area contributed by atoms with E-state index >= 15 is 0 Å². The fourth-order valence-electron chi connectivity index (χ4n) is 2.88. The van der Waals surface area contributed by atoms with E-state index in [2.05, 4.69) is 19.2 Å². The first kappa shape index (κ1) is 13.2. The standard InChI is InChI=1S/C14H19ClN2O/c1-8-11-5-6-17(10(3)18)14(11)13(16-4)9(2)12(8)7-15/h16H,5-7H2,1-4H3. The Morgan fingerprint density at radius 3 is 2.56 bits per heavy atom. The van der Waals surface area contributed by atoms with Gasteiger partial charge in [0, 0.05) is 26.4 Å². The van der Waals surface area contributed by atoms with Crippen LogP contribution >= 0.6 is 11.6 Å². The third kappa shape index (κ3) is 1.77. The Hall–Kier alpha value is -1.22. The van der Waals surface area contributed by atoms with Gasteiger partial charge in [-0.3, -0.25) is 4.79 Å². The molecule has 0 unspecified atom stereocenters. The molecule has 4 heteroatoms. The maximum absolute atomic E-state index is 11.7. The smallest absolute Gasteiger partial charge is 0.223 e. The fraction of sp³-hybridized carbons (Fsp3) is 0.500. The minimum atomic E-state index is 0.0997. The molecule has 1 aromatic carbocycles. The maximum atomic E-state index is 11.7. The normalized spacial score (nSPS) is 13.7. The molecule has 0 atom stereocenters. The summed E-state index contributed by atoms with van der Waals surface area (Å²) in [6.45, 7) is 6.56. The van der Waals surface area contributed by atoms with E-state index in [0.29, 0.717) is 5.88 Å². The monoisotopic (exact) mass is 266 g/mol. The number of hydrogen-bond acceptors (Lipinski definition) is 2. The molecular weight excluding hydrogens is 248 g/mol. The average Bonchev–Trinajstić information content (AvgIpc) is 2.75. The molecule has 18 heavy (non-hydrogen) atoms. The summed E-state index contributed by atoms with van der Waals surface area (Å²) in [4.78, 5) is 13.6. The first-order valence-electron chi connectivity index (χ1n) is 6.19. The summed E-state index contributed by atoms with van der Waals surface area (Å²) in [5.41, 5.74) is 6.92. The van der Waals surface area contributed by atoms with Crippen LogP contribution in [0.4, 0.5) is 11.4 Å². The molecule has 0 spiro atoms. The Kier molecular flexibility index (Phi) is 3.53. The zero-order valence-electron chi connectivity index (χ0n) is 11.4. The number of anilines is 2. The number of hydrogen-bond donors (Lipinski definition) is 1. The predicted molar refractivity (Wildman–Crippen MR) is 76.8 cm³/mol. The summed E-state index contributed by atoms with van der Waals surface area (Å²) in [5, 5.41) is 3.23. The van der Waals surface area contributed by atoms with E-state index in [4.69, 9.17) is 11.6 Å². The molecule has 0 fully saturated rings. The van der Waals surface area contributed by atoms with Crippen molar-refractivity contribution in [1.82, 2.24) is 0 Å². The molecule has 0 saturated carbocycles. The van der Waals surface area contributed by atoms with Gasteiger partial charge in [-0.2, -0.15) is 0 Å². The number of amides is 1. The highest BCUT2D eigenvalue weighted by Gasteiger charge is 2.29. The molecular formula is C14H19ClN2O. The summed E-state index contributed by atoms with van der Waals surface area (Å²) < 4.78 is 0. The van der Waals surface area contributed by atoms with Crippen LogP contribution in [-0.4, -0.2) is 19.5 Å². The second-order valence-corrected chi connectivity index (χ2v) is 5.00. The zero-order valence-corrected chi connectivity index (χ0v) is 12.1. The van der Waals surface area contributed by atoms with Crippen LogP contribution in [-0.2, 0) is 17.1 Å². The number of alkyl halides is 1. The van der Waals surface area contributed by atoms with Crippen LogP contribution in [0.2, 0.25) is 0 Å². The number of nitrogens with one attached hydrogen (secondary N) is 1. The van der Waals surface area contributed by atoms with Crippen molar-refractivity contribution in [3.63, 3.8) is 0 Å². The van der Waals surface area contributed by atoms with Crippen molar-refractivity contribution in [2.45, 2.75) is 33.1 Å². The fourth-order valence-corrected chi connectivity index (χ4v) is 3.28. The second kappa shape index (κ2) is 4.81. The molecule has 1 aromatic rings. The van der Waals surface area contributed by atoms with Crippen LogP contribution in [0.1, 0.15) is 29.2 Å². The lowest BCUT2D eigenvalue weighted by atomic mass is 9.94. The van der Waals surface area contributed by atoms with E-state index in [1.165, 1.54) is 16.7 Å². The van der Waals surface area contributed by atoms with Gasteiger partial charge >= 0.3 is 0 Å². The Morgan fingerprint density at radius 2 is 2.06 bits per heavy atom. The van der Waals surface area contributed by atoms with E-state index in [0.717, 1.165) is 29.9 Å². The van der Waals surface area contributed by atoms with E-state index in [1.54, 1.807) is 6.92 Å². The van der Waals surface area contributed by atoms with Crippen LogP contribution in [0.3, 0.4) is 0 Å². The largest absolute Gasteiger partial charge is 0.386 e. The summed E-state index contributed by atoms with van der Waals surface area (Å²) in [5.74, 6) is 0.613. The van der Waals surface area contributed by atoms with E-state index < -0.39 is 0 Å². The van der Waals surface area contributed by atoms with E-state index in [9.17, 15) is 4.79 Å². The lowest BCUT2D eigenvalue weighted by molar-refractivity contribution is -0.116. The van der Waals surface area contributed by atoms with Crippen LogP contribution in [0.15, 0.2) is 0 Å². The summed E-state index contributed by atoms with van der Waals surface area (Å²) in [7, 11) is 1.90. The highest BCUT2D eigenvalue weighted by molar-refractivity contribution is 6.17. The van der Waals surface area contributed by atoms with E-state index in [1.807, 2.05) is 11.9 Å². The van der Waals surface area contributed by atoms with Gasteiger partial charge in [-0.1, -0.05) is 0 Å². The molecule has 98 valence electrons. The number of rotatable bonds is 2. The molecule has 1 aliphatic heterocycles. The van der Waals surface area contributed by atoms with Crippen molar-refractivity contribution in [2.24, 2.45) is 0 Å². The van der Waals surface area contributed by atoms with Crippen molar-refractivity contribution < 1.29 is 4.79 Å². The minimum absolute atomic E-state index is 0.0997. The van der Waals surface area contributed by atoms with Crippen LogP contribution in [0.25, 0.3) is 0 Å². The number of halogens is 1. The third-order valence-electron chi connectivity index (χ3n) is 3.87. The molecule has 0 saturated heterocycles. The molecule has 1 aliphatic rings. The molecule has 1 heterocycles. The van der Waals surface area contributed by atoms with Gasteiger partial charge in [0.05, 0.1) is 11.4 Å². The Labute approximate surface area is 113 Å². The molecule has 0 bridgehead atoms. The van der Waals surface area contributed by atoms with E-state index in [-0.39, 0.29) is 5.91 Å². The van der Waals surface area contributed by atoms with Crippen LogP contribution in [0.5, 0.6) is 0 Å². The highest BCUT2D eigenvalue weighted by atomic mass is 35.5. The van der Waals surface area contributed by atoms with Crippen molar-refractivity contribution in [3.8, 4) is 0 Å². The summed E-state index contributed by atoms with van der Waals surface area (Å²) in [6.07, 6.45) is 0.916. The zero-order chi connectivity index (χ0) is 13.4. The molecule has 0 aromatic heterocycles. The van der Waals surface area contributed by atoms with Crippen molar-refractivity contribution in [2.75, 3.05) is 23.8 Å². The lowest BCUT2D eigenvalue weighted by Gasteiger charge is -2.23. The average molecular weight is 267 g/mol. The van der Waals surface area contributed by atoms with Crippen LogP contribution in [0, 0.1) is 13.8 Å². The van der Waals surface area contributed by atoms with Gasteiger partial charge in [0.25, 0.3) is 0 Å². The van der Waals surface area contributed by atoms with Gasteiger partial charge in [0.1, 0.15) is 0 Å². The minimum Gasteiger partial charge on any atom is -0.386 e. The third-order valence-corrected chi connectivity index (χ3v) is 4.14. The first-order valence-corrected chi connectivity index (χ1v) is 6.73. The summed E-state index contributed by atoms with van der Waals surface area (Å²) >= 11 is 6.06. The molecule has 1 N–H and O–H groups in total. The van der Waals surface area contributed by atoms with Crippen molar-refractivity contribution in [1.29, 1.82) is 0 Å². The highest BCUT2D eigenvalue weighted by Crippen LogP contribution is 2.42. The molecule has 2 rings (SSSR count). The molecule has 0 aliphatic carbocycles. The SMILES string of the molecule is CNc1c(C)c(CCl)c(C)c2c1N(C(C)=O)CC2. The molecule has 3 nitrogen and oxygen atoms in total. The maximum Gasteiger partial charge on any atom is 0.223 e. The summed E-state index contributed by atoms with van der Waals surface area (Å²) in [6, 6.07) is 0. The van der Waals surface area contributed by atoms with Gasteiger partial charge in [-0.15, -0.1) is 11.6 Å². The topological polar surface area (TPSA) is 32.3 Å². The first-order chi connectivity index (χ1) is 8.52. The van der Waals surface area contributed by atoms with Crippen molar-refractivity contribution >= 4 is 28.9 Å². The Morgan fingerprint density at radius 1 is 1.39 bits per heavy atom. The second-order valence-electron chi connectivity index (χ2n) is 4.74. The van der Waals surface area contributed by atoms with Gasteiger partial charge in [-0.25, -0.2) is 0 Å². The number of nitrogens with zero attached hydrogens (tertiary/aromatic N) is 1. The van der Waals surface area contributed by atoms with Gasteiger partial charge in [0.2, 0.25) is 5.91 Å².